The molecule has 164 valence electrons. The van der Waals surface area contributed by atoms with Crippen molar-refractivity contribution in [3.63, 3.8) is 0 Å². The molecule has 1 atom stereocenters. The van der Waals surface area contributed by atoms with Crippen LogP contribution in [0.3, 0.4) is 0 Å². The Hall–Kier alpha value is -1.30. The van der Waals surface area contributed by atoms with Crippen LogP contribution in [-0.4, -0.2) is 68.5 Å². The van der Waals surface area contributed by atoms with Gasteiger partial charge in [-0.2, -0.15) is 16.1 Å². The predicted molar refractivity (Wildman–Crippen MR) is 116 cm³/mol. The van der Waals surface area contributed by atoms with E-state index in [2.05, 4.69) is 10.6 Å². The van der Waals surface area contributed by atoms with Crippen LogP contribution in [0.4, 0.5) is 4.79 Å². The summed E-state index contributed by atoms with van der Waals surface area (Å²) in [7, 11) is -3.70. The van der Waals surface area contributed by atoms with E-state index in [1.165, 1.54) is 10.4 Å². The third-order valence-electron chi connectivity index (χ3n) is 4.29. The van der Waals surface area contributed by atoms with Gasteiger partial charge in [-0.3, -0.25) is 4.79 Å². The maximum atomic E-state index is 12.9. The topological polar surface area (TPSA) is 105 Å². The van der Waals surface area contributed by atoms with Crippen LogP contribution in [0.1, 0.15) is 36.9 Å². The summed E-state index contributed by atoms with van der Waals surface area (Å²) in [6, 6.07) is 1.18. The van der Waals surface area contributed by atoms with E-state index < -0.39 is 22.0 Å². The Morgan fingerprint density at radius 1 is 1.28 bits per heavy atom. The Kier molecular flexibility index (Phi) is 9.25. The zero-order valence-corrected chi connectivity index (χ0v) is 19.4. The van der Waals surface area contributed by atoms with Crippen molar-refractivity contribution in [2.24, 2.45) is 5.92 Å². The summed E-state index contributed by atoms with van der Waals surface area (Å²) in [6.45, 7) is 7.10. The van der Waals surface area contributed by atoms with Crippen molar-refractivity contribution in [2.45, 2.75) is 38.1 Å². The average Bonchev–Trinajstić information content (AvgIpc) is 3.17. The first-order valence-corrected chi connectivity index (χ1v) is 13.1. The van der Waals surface area contributed by atoms with E-state index in [0.29, 0.717) is 25.4 Å². The van der Waals surface area contributed by atoms with Gasteiger partial charge >= 0.3 is 6.09 Å². The maximum absolute atomic E-state index is 12.9. The second-order valence-electron chi connectivity index (χ2n) is 7.03. The largest absolute Gasteiger partial charge is 0.450 e. The number of rotatable bonds is 9. The molecule has 1 aliphatic heterocycles. The summed E-state index contributed by atoms with van der Waals surface area (Å²) >= 11 is 2.82. The van der Waals surface area contributed by atoms with Gasteiger partial charge in [0.2, 0.25) is 10.0 Å². The minimum atomic E-state index is -3.70. The van der Waals surface area contributed by atoms with Gasteiger partial charge < -0.3 is 15.4 Å². The zero-order chi connectivity index (χ0) is 21.4. The number of thioether (sulfide) groups is 1. The summed E-state index contributed by atoms with van der Waals surface area (Å²) in [5.74, 6) is 1.35. The molecule has 0 radical (unpaired) electrons. The molecule has 1 aliphatic rings. The fourth-order valence-electron chi connectivity index (χ4n) is 2.99. The SMILES string of the molecule is CCOC(=O)NC(CNC(=O)c1sccc1S(=O)(=O)N1CCSCC1)CC(C)C. The Labute approximate surface area is 180 Å². The lowest BCUT2D eigenvalue weighted by atomic mass is 10.0. The van der Waals surface area contributed by atoms with E-state index >= 15 is 0 Å². The van der Waals surface area contributed by atoms with E-state index in [1.54, 1.807) is 24.1 Å². The molecular weight excluding hydrogens is 434 g/mol. The lowest BCUT2D eigenvalue weighted by Gasteiger charge is -2.25. The van der Waals surface area contributed by atoms with Crippen LogP contribution in [0.5, 0.6) is 0 Å². The van der Waals surface area contributed by atoms with Crippen LogP contribution in [0, 0.1) is 5.92 Å². The summed E-state index contributed by atoms with van der Waals surface area (Å²) in [4.78, 5) is 24.7. The molecule has 2 amide bonds. The van der Waals surface area contributed by atoms with Crippen molar-refractivity contribution in [3.8, 4) is 0 Å². The second kappa shape index (κ2) is 11.2. The van der Waals surface area contributed by atoms with Gasteiger partial charge in [-0.05, 0) is 30.7 Å². The van der Waals surface area contributed by atoms with Gasteiger partial charge in [-0.15, -0.1) is 11.3 Å². The zero-order valence-electron chi connectivity index (χ0n) is 17.0. The molecule has 0 spiro atoms. The summed E-state index contributed by atoms with van der Waals surface area (Å²) in [5.41, 5.74) is 0. The van der Waals surface area contributed by atoms with E-state index in [4.69, 9.17) is 4.74 Å². The van der Waals surface area contributed by atoms with Gasteiger partial charge in [0, 0.05) is 37.2 Å². The van der Waals surface area contributed by atoms with Crippen LogP contribution in [-0.2, 0) is 14.8 Å². The minimum absolute atomic E-state index is 0.0469. The van der Waals surface area contributed by atoms with Crippen LogP contribution in [0.25, 0.3) is 0 Å². The summed E-state index contributed by atoms with van der Waals surface area (Å²) in [6.07, 6.45) is 0.120. The van der Waals surface area contributed by atoms with E-state index in [1.807, 2.05) is 13.8 Å². The van der Waals surface area contributed by atoms with Crippen molar-refractivity contribution in [3.05, 3.63) is 16.3 Å². The summed E-state index contributed by atoms with van der Waals surface area (Å²) < 4.78 is 32.2. The quantitative estimate of drug-likeness (QED) is 0.583. The number of nitrogens with one attached hydrogen (secondary N) is 2. The van der Waals surface area contributed by atoms with Crippen molar-refractivity contribution in [1.82, 2.24) is 14.9 Å². The molecule has 0 saturated carbocycles. The van der Waals surface area contributed by atoms with Crippen LogP contribution in [0.2, 0.25) is 0 Å². The smallest absolute Gasteiger partial charge is 0.407 e. The highest BCUT2D eigenvalue weighted by Gasteiger charge is 2.31. The first kappa shape index (κ1) is 24.0. The Morgan fingerprint density at radius 2 is 1.97 bits per heavy atom. The third-order valence-corrected chi connectivity index (χ3v) is 8.21. The molecule has 11 heteroatoms. The van der Waals surface area contributed by atoms with E-state index in [9.17, 15) is 18.0 Å². The van der Waals surface area contributed by atoms with Gasteiger partial charge in [0.1, 0.15) is 9.77 Å². The van der Waals surface area contributed by atoms with E-state index in [0.717, 1.165) is 22.8 Å². The van der Waals surface area contributed by atoms with Crippen molar-refractivity contribution >= 4 is 45.1 Å². The van der Waals surface area contributed by atoms with Gasteiger partial charge in [0.05, 0.1) is 6.61 Å². The predicted octanol–water partition coefficient (Wildman–Crippen LogP) is 2.38. The number of hydrogen-bond donors (Lipinski definition) is 2. The number of carbonyl (C=O) groups is 2. The number of sulfonamides is 1. The molecule has 0 bridgehead atoms. The van der Waals surface area contributed by atoms with Crippen LogP contribution < -0.4 is 10.6 Å². The molecule has 0 aliphatic carbocycles. The number of hydrogen-bond acceptors (Lipinski definition) is 7. The van der Waals surface area contributed by atoms with Crippen molar-refractivity contribution in [1.29, 1.82) is 0 Å². The van der Waals surface area contributed by atoms with Gasteiger partial charge in [0.25, 0.3) is 5.91 Å². The molecule has 0 aromatic carbocycles. The Bertz CT molecular complexity index is 788. The molecule has 1 fully saturated rings. The van der Waals surface area contributed by atoms with E-state index in [-0.39, 0.29) is 29.0 Å². The fourth-order valence-corrected chi connectivity index (χ4v) is 6.88. The standard InChI is InChI=1S/C18H29N3O5S3/c1-4-26-18(23)20-14(11-13(2)3)12-19-17(22)16-15(5-8-28-16)29(24,25)21-6-9-27-10-7-21/h5,8,13-14H,4,6-7,9-12H2,1-3H3,(H,19,22)(H,20,23). The molecule has 29 heavy (non-hydrogen) atoms. The van der Waals surface area contributed by atoms with Crippen molar-refractivity contribution in [2.75, 3.05) is 37.7 Å². The highest BCUT2D eigenvalue weighted by atomic mass is 32.2. The number of ether oxygens (including phenoxy) is 1. The van der Waals surface area contributed by atoms with Gasteiger partial charge in [0.15, 0.2) is 0 Å². The van der Waals surface area contributed by atoms with Gasteiger partial charge in [-0.25, -0.2) is 13.2 Å². The highest BCUT2D eigenvalue weighted by Crippen LogP contribution is 2.27. The Morgan fingerprint density at radius 3 is 2.59 bits per heavy atom. The van der Waals surface area contributed by atoms with Gasteiger partial charge in [-0.1, -0.05) is 13.8 Å². The molecule has 1 aromatic heterocycles. The van der Waals surface area contributed by atoms with Crippen molar-refractivity contribution < 1.29 is 22.7 Å². The molecule has 1 aromatic rings. The highest BCUT2D eigenvalue weighted by molar-refractivity contribution is 7.99. The number of carbonyl (C=O) groups excluding carboxylic acids is 2. The monoisotopic (exact) mass is 463 g/mol. The molecule has 2 rings (SSSR count). The molecule has 2 N–H and O–H groups in total. The summed E-state index contributed by atoms with van der Waals surface area (Å²) in [5, 5.41) is 7.13. The molecule has 1 saturated heterocycles. The molecule has 8 nitrogen and oxygen atoms in total. The lowest BCUT2D eigenvalue weighted by molar-refractivity contribution is 0.0945. The van der Waals surface area contributed by atoms with Crippen LogP contribution in [0.15, 0.2) is 16.3 Å². The maximum Gasteiger partial charge on any atom is 0.407 e. The van der Waals surface area contributed by atoms with Crippen LogP contribution >= 0.6 is 23.1 Å². The Balaban J connectivity index is 2.06. The normalized spacial score (nSPS) is 16.4. The number of thiophene rings is 1. The third kappa shape index (κ3) is 6.87. The first-order chi connectivity index (χ1) is 13.8. The number of alkyl carbamates (subject to hydrolysis) is 1. The number of amides is 2. The minimum Gasteiger partial charge on any atom is -0.450 e. The molecular formula is C18H29N3O5S3. The molecule has 2 heterocycles. The second-order valence-corrected chi connectivity index (χ2v) is 11.1. The number of nitrogens with zero attached hydrogens (tertiary/aromatic N) is 1. The fraction of sp³-hybridized carbons (Fsp3) is 0.667. The molecule has 1 unspecified atom stereocenters. The lowest BCUT2D eigenvalue weighted by Crippen LogP contribution is -2.44. The average molecular weight is 464 g/mol. The first-order valence-electron chi connectivity index (χ1n) is 9.62.